The van der Waals surface area contributed by atoms with Gasteiger partial charge in [-0.15, -0.1) is 0 Å². The summed E-state index contributed by atoms with van der Waals surface area (Å²) in [7, 11) is 0. The molecule has 0 spiro atoms. The van der Waals surface area contributed by atoms with Crippen LogP contribution in [0.15, 0.2) is 42.5 Å². The fraction of sp³-hybridized carbons (Fsp3) is 0.375. The number of halogens is 9. The maximum absolute atomic E-state index is 15.2. The minimum atomic E-state index is -5.47. The average Bonchev–Trinajstić information content (AvgIpc) is 3.54. The molecule has 3 aliphatic rings. The Morgan fingerprint density at radius 2 is 1.59 bits per heavy atom. The summed E-state index contributed by atoms with van der Waals surface area (Å²) in [5.41, 5.74) is -7.06. The number of carbonyl (C=O) groups excluding carboxylic acids is 1. The number of nitrogens with one attached hydrogen (secondary N) is 1. The van der Waals surface area contributed by atoms with Gasteiger partial charge >= 0.3 is 12.4 Å². The smallest absolute Gasteiger partial charge is 0.335 e. The lowest BCUT2D eigenvalue weighted by Gasteiger charge is -2.45. The predicted molar refractivity (Wildman–Crippen MR) is 110 cm³/mol. The second-order valence-electron chi connectivity index (χ2n) is 9.32. The Kier molecular flexibility index (Phi) is 5.59. The Balaban J connectivity index is 1.44. The number of alkyl halides is 7. The standard InChI is InChI=1S/C24H17F9N2O2/c25-17-8-15(7-16(19(17)26)23(28,29)30)22(24(31,32)33)9-18(34-37-22)12-3-5-14(6-4-12)21(27)10-35(11-21)20(36)13-1-2-13/h3-9,13,34H,1-2,10-11H2. The summed E-state index contributed by atoms with van der Waals surface area (Å²) in [5.74, 6) is -4.65. The first-order chi connectivity index (χ1) is 17.1. The summed E-state index contributed by atoms with van der Waals surface area (Å²) >= 11 is 0. The van der Waals surface area contributed by atoms with Crippen molar-refractivity contribution < 1.29 is 49.1 Å². The number of nitrogens with zero attached hydrogens (tertiary/aromatic N) is 1. The van der Waals surface area contributed by atoms with E-state index in [2.05, 4.69) is 4.84 Å². The molecule has 1 atom stereocenters. The zero-order valence-electron chi connectivity index (χ0n) is 18.6. The molecular weight excluding hydrogens is 519 g/mol. The summed E-state index contributed by atoms with van der Waals surface area (Å²) < 4.78 is 124. The van der Waals surface area contributed by atoms with Gasteiger partial charge in [0.1, 0.15) is 0 Å². The molecule has 0 radical (unpaired) electrons. The van der Waals surface area contributed by atoms with Gasteiger partial charge in [-0.1, -0.05) is 24.3 Å². The van der Waals surface area contributed by atoms with Crippen molar-refractivity contribution >= 4 is 11.6 Å². The number of hydrogen-bond donors (Lipinski definition) is 1. The van der Waals surface area contributed by atoms with Gasteiger partial charge in [-0.3, -0.25) is 15.1 Å². The first-order valence-corrected chi connectivity index (χ1v) is 11.0. The van der Waals surface area contributed by atoms with Crippen LogP contribution in [0.2, 0.25) is 0 Å². The third-order valence-corrected chi connectivity index (χ3v) is 6.69. The van der Waals surface area contributed by atoms with Gasteiger partial charge < -0.3 is 4.90 Å². The number of benzene rings is 2. The third-order valence-electron chi connectivity index (χ3n) is 6.69. The van der Waals surface area contributed by atoms with E-state index in [-0.39, 0.29) is 53.9 Å². The highest BCUT2D eigenvalue weighted by Gasteiger charge is 2.60. The van der Waals surface area contributed by atoms with E-state index in [0.717, 1.165) is 12.8 Å². The molecule has 5 rings (SSSR count). The normalized spacial score (nSPS) is 23.4. The minimum absolute atomic E-state index is 0.0135. The molecule has 1 amide bonds. The van der Waals surface area contributed by atoms with Gasteiger partial charge in [-0.05, 0) is 42.2 Å². The van der Waals surface area contributed by atoms with Crippen molar-refractivity contribution in [3.8, 4) is 0 Å². The monoisotopic (exact) mass is 536 g/mol. The molecule has 2 aromatic carbocycles. The van der Waals surface area contributed by atoms with Crippen molar-refractivity contribution in [3.05, 3.63) is 76.4 Å². The van der Waals surface area contributed by atoms with E-state index < -0.39 is 46.4 Å². The van der Waals surface area contributed by atoms with Crippen molar-refractivity contribution in [1.82, 2.24) is 10.4 Å². The Hall–Kier alpha value is -3.22. The van der Waals surface area contributed by atoms with Gasteiger partial charge in [-0.2, -0.15) is 26.3 Å². The molecule has 1 saturated heterocycles. The van der Waals surface area contributed by atoms with E-state index in [4.69, 9.17) is 0 Å². The highest BCUT2D eigenvalue weighted by atomic mass is 19.4. The molecule has 37 heavy (non-hydrogen) atoms. The number of hydroxylamine groups is 1. The topological polar surface area (TPSA) is 41.6 Å². The largest absolute Gasteiger partial charge is 0.428 e. The van der Waals surface area contributed by atoms with E-state index in [0.29, 0.717) is 6.08 Å². The number of likely N-dealkylation sites (tertiary alicyclic amines) is 1. The van der Waals surface area contributed by atoms with Crippen LogP contribution in [0.1, 0.15) is 35.1 Å². The molecule has 0 bridgehead atoms. The molecule has 13 heteroatoms. The number of amides is 1. The lowest BCUT2D eigenvalue weighted by atomic mass is 9.86. The summed E-state index contributed by atoms with van der Waals surface area (Å²) in [6.45, 7) is -0.304. The quantitative estimate of drug-likeness (QED) is 0.508. The Morgan fingerprint density at radius 3 is 2.14 bits per heavy atom. The predicted octanol–water partition coefficient (Wildman–Crippen LogP) is 5.73. The van der Waals surface area contributed by atoms with Crippen LogP contribution < -0.4 is 5.48 Å². The number of carbonyl (C=O) groups is 1. The van der Waals surface area contributed by atoms with Gasteiger partial charge in [0.15, 0.2) is 17.3 Å². The second-order valence-corrected chi connectivity index (χ2v) is 9.32. The van der Waals surface area contributed by atoms with Crippen LogP contribution in [0.3, 0.4) is 0 Å². The van der Waals surface area contributed by atoms with Crippen LogP contribution in [0, 0.1) is 17.6 Å². The molecule has 1 unspecified atom stereocenters. The molecule has 2 heterocycles. The van der Waals surface area contributed by atoms with E-state index in [1.807, 2.05) is 5.48 Å². The van der Waals surface area contributed by atoms with Crippen molar-refractivity contribution in [2.45, 2.75) is 36.5 Å². The maximum Gasteiger partial charge on any atom is 0.428 e. The molecule has 2 aliphatic heterocycles. The number of hydrogen-bond acceptors (Lipinski definition) is 3. The van der Waals surface area contributed by atoms with Gasteiger partial charge in [0.25, 0.3) is 0 Å². The SMILES string of the molecule is O=C(C1CC1)N1CC(F)(c2ccc(C3=CC(c4cc(F)c(F)c(C(F)(F)F)c4)(C(F)(F)F)ON3)cc2)C1. The lowest BCUT2D eigenvalue weighted by molar-refractivity contribution is -0.269. The summed E-state index contributed by atoms with van der Waals surface area (Å²) in [6.07, 6.45) is -8.91. The molecule has 2 fully saturated rings. The maximum atomic E-state index is 15.2. The Morgan fingerprint density at radius 1 is 0.973 bits per heavy atom. The van der Waals surface area contributed by atoms with E-state index >= 15 is 4.39 Å². The molecule has 4 nitrogen and oxygen atoms in total. The zero-order valence-corrected chi connectivity index (χ0v) is 18.6. The Bertz CT molecular complexity index is 1280. The van der Waals surface area contributed by atoms with Crippen LogP contribution in [0.5, 0.6) is 0 Å². The Labute approximate surface area is 203 Å². The van der Waals surface area contributed by atoms with Gasteiger partial charge in [0, 0.05) is 11.5 Å². The van der Waals surface area contributed by atoms with Crippen molar-refractivity contribution in [3.63, 3.8) is 0 Å². The van der Waals surface area contributed by atoms with Crippen molar-refractivity contribution in [1.29, 1.82) is 0 Å². The third kappa shape index (κ3) is 4.22. The second kappa shape index (κ2) is 8.14. The molecule has 2 aromatic rings. The van der Waals surface area contributed by atoms with Gasteiger partial charge in [0.2, 0.25) is 11.5 Å². The minimum Gasteiger partial charge on any atom is -0.335 e. The molecule has 1 saturated carbocycles. The first kappa shape index (κ1) is 25.4. The fourth-order valence-electron chi connectivity index (χ4n) is 4.43. The zero-order chi connectivity index (χ0) is 27.0. The molecule has 0 aromatic heterocycles. The highest BCUT2D eigenvalue weighted by Crippen LogP contribution is 2.49. The van der Waals surface area contributed by atoms with Crippen LogP contribution in [0.4, 0.5) is 39.5 Å². The summed E-state index contributed by atoms with van der Waals surface area (Å²) in [5, 5.41) is 0. The molecule has 198 valence electrons. The lowest BCUT2D eigenvalue weighted by Crippen LogP contribution is -2.59. The number of rotatable bonds is 4. The summed E-state index contributed by atoms with van der Waals surface area (Å²) in [4.78, 5) is 18.1. The molecule has 1 N–H and O–H groups in total. The highest BCUT2D eigenvalue weighted by molar-refractivity contribution is 5.82. The van der Waals surface area contributed by atoms with Gasteiger partial charge in [0.05, 0.1) is 24.4 Å². The van der Waals surface area contributed by atoms with E-state index in [1.165, 1.54) is 29.2 Å². The molecule has 1 aliphatic carbocycles. The van der Waals surface area contributed by atoms with E-state index in [9.17, 15) is 39.9 Å². The molecular formula is C24H17F9N2O2. The van der Waals surface area contributed by atoms with Crippen LogP contribution >= 0.6 is 0 Å². The van der Waals surface area contributed by atoms with Crippen LogP contribution in [0.25, 0.3) is 5.70 Å². The van der Waals surface area contributed by atoms with Crippen LogP contribution in [-0.2, 0) is 27.1 Å². The van der Waals surface area contributed by atoms with E-state index in [1.54, 1.807) is 0 Å². The van der Waals surface area contributed by atoms with Crippen molar-refractivity contribution in [2.24, 2.45) is 5.92 Å². The van der Waals surface area contributed by atoms with Gasteiger partial charge in [-0.25, -0.2) is 13.2 Å². The van der Waals surface area contributed by atoms with Crippen molar-refractivity contribution in [2.75, 3.05) is 13.1 Å². The fourth-order valence-corrected chi connectivity index (χ4v) is 4.43. The average molecular weight is 536 g/mol. The summed E-state index contributed by atoms with van der Waals surface area (Å²) in [6, 6.07) is 4.98. The van der Waals surface area contributed by atoms with Crippen LogP contribution in [-0.4, -0.2) is 30.1 Å². The first-order valence-electron chi connectivity index (χ1n) is 11.0.